The topological polar surface area (TPSA) is 102 Å². The highest BCUT2D eigenvalue weighted by atomic mass is 16.6. The molecule has 0 rings (SSSR count). The largest absolute Gasteiger partial charge is 0.544 e. The van der Waals surface area contributed by atoms with Crippen LogP contribution in [0, 0.1) is 0 Å². The fourth-order valence-corrected chi connectivity index (χ4v) is 6.26. The number of carbonyl (C=O) groups is 3. The second-order valence-electron chi connectivity index (χ2n) is 15.9. The van der Waals surface area contributed by atoms with Crippen LogP contribution in [0.2, 0.25) is 0 Å². The quantitative estimate of drug-likeness (QED) is 0.0265. The Hall–Kier alpha value is -2.71. The van der Waals surface area contributed by atoms with E-state index in [0.717, 1.165) is 77.0 Å². The Bertz CT molecular complexity index is 1040. The first-order valence-corrected chi connectivity index (χ1v) is 22.2. The van der Waals surface area contributed by atoms with Gasteiger partial charge in [0.15, 0.2) is 6.10 Å². The van der Waals surface area contributed by atoms with Crippen molar-refractivity contribution in [3.63, 3.8) is 0 Å². The predicted molar refractivity (Wildman–Crippen MR) is 226 cm³/mol. The van der Waals surface area contributed by atoms with Gasteiger partial charge in [-0.25, -0.2) is 0 Å². The molecule has 0 amide bonds. The lowest BCUT2D eigenvalue weighted by molar-refractivity contribution is -0.889. The number of hydrogen-bond acceptors (Lipinski definition) is 7. The van der Waals surface area contributed by atoms with Crippen molar-refractivity contribution in [1.82, 2.24) is 0 Å². The Labute approximate surface area is 337 Å². The number of likely N-dealkylation sites (N-methyl/N-ethyl adjacent to an activating group) is 1. The van der Waals surface area contributed by atoms with E-state index >= 15 is 0 Å². The molecule has 0 heterocycles. The zero-order valence-corrected chi connectivity index (χ0v) is 36.1. The smallest absolute Gasteiger partial charge is 0.306 e. The molecular formula is C47H83NO7. The number of hydrogen-bond donors (Lipinski definition) is 0. The molecule has 0 saturated heterocycles. The lowest BCUT2D eigenvalue weighted by Crippen LogP contribution is -2.55. The zero-order valence-electron chi connectivity index (χ0n) is 36.1. The summed E-state index contributed by atoms with van der Waals surface area (Å²) in [6.07, 6.45) is 44.2. The number of aliphatic carboxylic acids is 1. The van der Waals surface area contributed by atoms with Crippen molar-refractivity contribution < 1.29 is 38.2 Å². The normalized spacial score (nSPS) is 13.4. The molecule has 0 aromatic rings. The summed E-state index contributed by atoms with van der Waals surface area (Å²) in [5.41, 5.74) is 0. The van der Waals surface area contributed by atoms with E-state index in [0.29, 0.717) is 12.8 Å². The monoisotopic (exact) mass is 774 g/mol. The Morgan fingerprint density at radius 2 is 1.02 bits per heavy atom. The minimum atomic E-state index is -1.13. The van der Waals surface area contributed by atoms with Crippen LogP contribution >= 0.6 is 0 Å². The molecule has 0 spiro atoms. The number of ether oxygens (including phenoxy) is 3. The van der Waals surface area contributed by atoms with E-state index in [-0.39, 0.29) is 42.7 Å². The highest BCUT2D eigenvalue weighted by Gasteiger charge is 2.25. The summed E-state index contributed by atoms with van der Waals surface area (Å²) in [7, 11) is 5.40. The van der Waals surface area contributed by atoms with Gasteiger partial charge in [-0.2, -0.15) is 0 Å². The third-order valence-corrected chi connectivity index (χ3v) is 9.70. The van der Waals surface area contributed by atoms with Crippen molar-refractivity contribution >= 4 is 17.9 Å². The van der Waals surface area contributed by atoms with Gasteiger partial charge < -0.3 is 28.6 Å². The van der Waals surface area contributed by atoms with Crippen molar-refractivity contribution in [2.75, 3.05) is 41.0 Å². The maximum atomic E-state index is 12.7. The number of allylic oxidation sites excluding steroid dienone is 8. The Morgan fingerprint density at radius 1 is 0.564 bits per heavy atom. The number of carboxylic acid groups (broad SMARTS) is 1. The summed E-state index contributed by atoms with van der Waals surface area (Å²) >= 11 is 0. The summed E-state index contributed by atoms with van der Waals surface area (Å²) in [5.74, 6) is -1.75. The molecule has 0 aliphatic heterocycles. The number of nitrogens with zero attached hydrogens (tertiary/aromatic N) is 1. The standard InChI is InChI=1S/C47H83NO7/c1-6-8-10-12-14-16-18-20-21-22-23-24-25-26-28-29-31-33-35-37-45(49)54-42-43(41-53-40-39-44(47(51)52)48(3,4)5)55-46(50)38-36-34-32-30-27-19-17-15-13-11-9-7-2/h8,10,14-17,20-21,43-44H,6-7,9,11-13,18-19,22-42H2,1-5H3/b10-8+,16-14+,17-15+,21-20+. The Morgan fingerprint density at radius 3 is 1.53 bits per heavy atom. The van der Waals surface area contributed by atoms with E-state index in [1.165, 1.54) is 70.6 Å². The van der Waals surface area contributed by atoms with Crippen LogP contribution in [0.1, 0.15) is 181 Å². The van der Waals surface area contributed by atoms with Gasteiger partial charge in [-0.3, -0.25) is 9.59 Å². The second kappa shape index (κ2) is 38.2. The third-order valence-electron chi connectivity index (χ3n) is 9.70. The molecule has 0 bridgehead atoms. The summed E-state index contributed by atoms with van der Waals surface area (Å²) in [5, 5.41) is 11.6. The zero-order chi connectivity index (χ0) is 40.7. The van der Waals surface area contributed by atoms with Gasteiger partial charge in [0, 0.05) is 19.3 Å². The lowest BCUT2D eigenvalue weighted by Gasteiger charge is -2.34. The van der Waals surface area contributed by atoms with Gasteiger partial charge in [0.1, 0.15) is 12.6 Å². The number of carboxylic acids is 1. The number of esters is 2. The van der Waals surface area contributed by atoms with Crippen LogP contribution in [-0.2, 0) is 28.6 Å². The highest BCUT2D eigenvalue weighted by Crippen LogP contribution is 2.14. The summed E-state index contributed by atoms with van der Waals surface area (Å²) in [6, 6.07) is -0.728. The maximum absolute atomic E-state index is 12.7. The van der Waals surface area contributed by atoms with E-state index in [1.54, 1.807) is 21.1 Å². The predicted octanol–water partition coefficient (Wildman–Crippen LogP) is 10.7. The highest BCUT2D eigenvalue weighted by molar-refractivity contribution is 5.70. The molecule has 0 saturated carbocycles. The fourth-order valence-electron chi connectivity index (χ4n) is 6.26. The molecule has 0 radical (unpaired) electrons. The van der Waals surface area contributed by atoms with Crippen LogP contribution in [-0.4, -0.2) is 75.5 Å². The van der Waals surface area contributed by atoms with Crippen LogP contribution in [0.15, 0.2) is 48.6 Å². The van der Waals surface area contributed by atoms with E-state index in [1.807, 2.05) is 0 Å². The minimum absolute atomic E-state index is 0.0353. The van der Waals surface area contributed by atoms with Gasteiger partial charge in [0.25, 0.3) is 0 Å². The summed E-state index contributed by atoms with van der Waals surface area (Å²) < 4.78 is 17.1. The molecule has 2 unspecified atom stereocenters. The van der Waals surface area contributed by atoms with E-state index in [9.17, 15) is 19.5 Å². The molecule has 0 fully saturated rings. The molecule has 8 nitrogen and oxygen atoms in total. The first-order valence-electron chi connectivity index (χ1n) is 22.2. The van der Waals surface area contributed by atoms with Gasteiger partial charge in [0.05, 0.1) is 40.3 Å². The van der Waals surface area contributed by atoms with Gasteiger partial charge in [-0.05, 0) is 70.6 Å². The van der Waals surface area contributed by atoms with Crippen LogP contribution in [0.25, 0.3) is 0 Å². The number of rotatable bonds is 39. The van der Waals surface area contributed by atoms with Gasteiger partial charge >= 0.3 is 11.9 Å². The third kappa shape index (κ3) is 36.7. The number of carbonyl (C=O) groups excluding carboxylic acids is 3. The van der Waals surface area contributed by atoms with Crippen molar-refractivity contribution in [3.05, 3.63) is 48.6 Å². The number of quaternary nitrogens is 1. The average Bonchev–Trinajstić information content (AvgIpc) is 3.14. The molecule has 2 atom stereocenters. The molecule has 0 aromatic heterocycles. The van der Waals surface area contributed by atoms with E-state index < -0.39 is 18.1 Å². The first kappa shape index (κ1) is 52.3. The maximum Gasteiger partial charge on any atom is 0.306 e. The molecule has 318 valence electrons. The van der Waals surface area contributed by atoms with Crippen molar-refractivity contribution in [1.29, 1.82) is 0 Å². The SMILES string of the molecule is CC/C=C/C/C=C/C/C=C/CCCCCCCCCCCC(=O)OCC(COCCC(C(=O)[O-])[N+](C)(C)C)OC(=O)CCCCCCC/C=C/CCCCC. The molecule has 8 heteroatoms. The van der Waals surface area contributed by atoms with E-state index in [2.05, 4.69) is 62.5 Å². The lowest BCUT2D eigenvalue weighted by atomic mass is 10.1. The Kier molecular flexibility index (Phi) is 36.3. The van der Waals surface area contributed by atoms with Gasteiger partial charge in [0.2, 0.25) is 0 Å². The molecular weight excluding hydrogens is 691 g/mol. The fraction of sp³-hybridized carbons (Fsp3) is 0.766. The molecule has 0 N–H and O–H groups in total. The van der Waals surface area contributed by atoms with Gasteiger partial charge in [-0.1, -0.05) is 140 Å². The van der Waals surface area contributed by atoms with Gasteiger partial charge in [-0.15, -0.1) is 0 Å². The van der Waals surface area contributed by atoms with Crippen molar-refractivity contribution in [2.24, 2.45) is 0 Å². The number of unbranched alkanes of at least 4 members (excludes halogenated alkanes) is 17. The average molecular weight is 774 g/mol. The second-order valence-corrected chi connectivity index (χ2v) is 15.9. The molecule has 0 aromatic carbocycles. The molecule has 0 aliphatic carbocycles. The molecule has 55 heavy (non-hydrogen) atoms. The summed E-state index contributed by atoms with van der Waals surface area (Å²) in [6.45, 7) is 4.51. The first-order chi connectivity index (χ1) is 26.6. The minimum Gasteiger partial charge on any atom is -0.544 e. The Balaban J connectivity index is 4.30. The summed E-state index contributed by atoms with van der Waals surface area (Å²) in [4.78, 5) is 36.8. The van der Waals surface area contributed by atoms with Crippen LogP contribution in [0.4, 0.5) is 0 Å². The van der Waals surface area contributed by atoms with Crippen LogP contribution in [0.5, 0.6) is 0 Å². The van der Waals surface area contributed by atoms with E-state index in [4.69, 9.17) is 14.2 Å². The van der Waals surface area contributed by atoms with Crippen LogP contribution in [0.3, 0.4) is 0 Å². The van der Waals surface area contributed by atoms with Crippen LogP contribution < -0.4 is 5.11 Å². The van der Waals surface area contributed by atoms with Crippen molar-refractivity contribution in [2.45, 2.75) is 193 Å². The molecule has 0 aliphatic rings. The van der Waals surface area contributed by atoms with Crippen molar-refractivity contribution in [3.8, 4) is 0 Å².